The number of nitrogens with zero attached hydrogens (tertiary/aromatic N) is 3. The highest BCUT2D eigenvalue weighted by Crippen LogP contribution is 2.33. The molecule has 1 N–H and O–H groups in total. The van der Waals surface area contributed by atoms with Crippen molar-refractivity contribution in [1.82, 2.24) is 19.2 Å². The van der Waals surface area contributed by atoms with Crippen molar-refractivity contribution < 1.29 is 8.42 Å². The Balaban J connectivity index is 1.72. The van der Waals surface area contributed by atoms with Crippen molar-refractivity contribution in [1.29, 1.82) is 0 Å². The largest absolute Gasteiger partial charge is 0.313 e. The number of rotatable bonds is 3. The maximum Gasteiger partial charge on any atom is 0.268 e. The average Bonchev–Trinajstić information content (AvgIpc) is 3.14. The second-order valence-electron chi connectivity index (χ2n) is 7.78. The lowest BCUT2D eigenvalue weighted by Gasteiger charge is -2.27. The first-order valence-electron chi connectivity index (χ1n) is 9.97. The fourth-order valence-electron chi connectivity index (χ4n) is 4.36. The maximum atomic E-state index is 13.8. The Morgan fingerprint density at radius 1 is 1.14 bits per heavy atom. The van der Waals surface area contributed by atoms with Crippen LogP contribution in [0, 0.1) is 0 Å². The van der Waals surface area contributed by atoms with Crippen LogP contribution in [-0.4, -0.2) is 49.0 Å². The van der Waals surface area contributed by atoms with Gasteiger partial charge in [0.2, 0.25) is 0 Å². The summed E-state index contributed by atoms with van der Waals surface area (Å²) in [4.78, 5) is 7.09. The van der Waals surface area contributed by atoms with Gasteiger partial charge in [-0.15, -0.1) is 0 Å². The molecule has 0 aliphatic carbocycles. The summed E-state index contributed by atoms with van der Waals surface area (Å²) in [5.74, 6) is 0. The summed E-state index contributed by atoms with van der Waals surface area (Å²) in [6, 6.07) is 9.27. The minimum atomic E-state index is -3.74. The topological polar surface area (TPSA) is 67.2 Å². The SMILES string of the molecule is CN1CCc2cccc(S(=O)(=O)n3cc(C4=CCNCC4)c4ncccc43)c2C1. The molecule has 2 aliphatic heterocycles. The molecule has 0 spiro atoms. The Hall–Kier alpha value is -2.48. The minimum Gasteiger partial charge on any atom is -0.313 e. The van der Waals surface area contributed by atoms with Gasteiger partial charge in [-0.05, 0) is 61.3 Å². The van der Waals surface area contributed by atoms with Crippen LogP contribution in [0.3, 0.4) is 0 Å². The van der Waals surface area contributed by atoms with Crippen LogP contribution in [0.1, 0.15) is 23.1 Å². The van der Waals surface area contributed by atoms with Crippen molar-refractivity contribution in [3.63, 3.8) is 0 Å². The lowest BCUT2D eigenvalue weighted by atomic mass is 10.0. The lowest BCUT2D eigenvalue weighted by molar-refractivity contribution is 0.309. The van der Waals surface area contributed by atoms with Crippen molar-refractivity contribution >= 4 is 26.6 Å². The summed E-state index contributed by atoms with van der Waals surface area (Å²) in [6.45, 7) is 3.27. The van der Waals surface area contributed by atoms with Gasteiger partial charge in [0.25, 0.3) is 10.0 Å². The van der Waals surface area contributed by atoms with E-state index in [4.69, 9.17) is 0 Å². The second-order valence-corrected chi connectivity index (χ2v) is 9.56. The van der Waals surface area contributed by atoms with Crippen molar-refractivity contribution in [2.75, 3.05) is 26.7 Å². The summed E-state index contributed by atoms with van der Waals surface area (Å²) in [7, 11) is -1.71. The third-order valence-electron chi connectivity index (χ3n) is 5.89. The molecule has 0 atom stereocenters. The molecule has 1 aromatic carbocycles. The molecule has 6 nitrogen and oxygen atoms in total. The number of aromatic nitrogens is 2. The first-order valence-corrected chi connectivity index (χ1v) is 11.4. The number of likely N-dealkylation sites (N-methyl/N-ethyl adjacent to an activating group) is 1. The third kappa shape index (κ3) is 3.10. The zero-order chi connectivity index (χ0) is 20.0. The highest BCUT2D eigenvalue weighted by Gasteiger charge is 2.28. The lowest BCUT2D eigenvalue weighted by Crippen LogP contribution is -2.28. The van der Waals surface area contributed by atoms with Crippen LogP contribution in [0.5, 0.6) is 0 Å². The van der Waals surface area contributed by atoms with Gasteiger partial charge >= 0.3 is 0 Å². The monoisotopic (exact) mass is 408 g/mol. The molecule has 0 unspecified atom stereocenters. The van der Waals surface area contributed by atoms with E-state index in [2.05, 4.69) is 21.3 Å². The first kappa shape index (κ1) is 18.5. The van der Waals surface area contributed by atoms with Gasteiger partial charge in [0.15, 0.2) is 0 Å². The average molecular weight is 409 g/mol. The van der Waals surface area contributed by atoms with Crippen molar-refractivity contribution in [3.05, 3.63) is 65.5 Å². The summed E-state index contributed by atoms with van der Waals surface area (Å²) < 4.78 is 29.0. The van der Waals surface area contributed by atoms with Crippen LogP contribution < -0.4 is 5.32 Å². The Morgan fingerprint density at radius 2 is 2.03 bits per heavy atom. The van der Waals surface area contributed by atoms with Gasteiger partial charge in [0, 0.05) is 37.6 Å². The van der Waals surface area contributed by atoms with Gasteiger partial charge in [0.05, 0.1) is 15.9 Å². The normalized spacial score (nSPS) is 17.9. The smallest absolute Gasteiger partial charge is 0.268 e. The number of benzene rings is 1. The Kier molecular flexibility index (Phi) is 4.53. The van der Waals surface area contributed by atoms with E-state index in [1.165, 1.54) is 3.97 Å². The predicted molar refractivity (Wildman–Crippen MR) is 114 cm³/mol. The number of hydrogen-bond donors (Lipinski definition) is 1. The van der Waals surface area contributed by atoms with Gasteiger partial charge in [-0.1, -0.05) is 18.2 Å². The van der Waals surface area contributed by atoms with Crippen LogP contribution in [0.15, 0.2) is 53.7 Å². The summed E-state index contributed by atoms with van der Waals surface area (Å²) >= 11 is 0. The fraction of sp³-hybridized carbons (Fsp3) is 0.318. The molecule has 0 amide bonds. The van der Waals surface area contributed by atoms with Crippen LogP contribution in [0.2, 0.25) is 0 Å². The Labute approximate surface area is 170 Å². The Morgan fingerprint density at radius 3 is 2.86 bits per heavy atom. The van der Waals surface area contributed by atoms with E-state index >= 15 is 0 Å². The van der Waals surface area contributed by atoms with E-state index in [1.54, 1.807) is 24.5 Å². The molecule has 0 fully saturated rings. The van der Waals surface area contributed by atoms with E-state index in [1.807, 2.05) is 25.2 Å². The van der Waals surface area contributed by atoms with Gasteiger partial charge in [-0.3, -0.25) is 4.98 Å². The molecule has 0 radical (unpaired) electrons. The fourth-order valence-corrected chi connectivity index (χ4v) is 5.98. The summed E-state index contributed by atoms with van der Waals surface area (Å²) in [5, 5.41) is 3.31. The van der Waals surface area contributed by atoms with Gasteiger partial charge in [-0.2, -0.15) is 0 Å². The molecule has 0 saturated carbocycles. The van der Waals surface area contributed by atoms with Crippen LogP contribution >= 0.6 is 0 Å². The van der Waals surface area contributed by atoms with Gasteiger partial charge in [0.1, 0.15) is 0 Å². The van der Waals surface area contributed by atoms with E-state index in [-0.39, 0.29) is 0 Å². The molecule has 2 aromatic heterocycles. The molecular formula is C22H24N4O2S. The number of pyridine rings is 1. The predicted octanol–water partition coefficient (Wildman–Crippen LogP) is 2.64. The first-order chi connectivity index (χ1) is 14.1. The number of nitrogens with one attached hydrogen (secondary N) is 1. The summed E-state index contributed by atoms with van der Waals surface area (Å²) in [5.41, 5.74) is 5.47. The van der Waals surface area contributed by atoms with Gasteiger partial charge < -0.3 is 10.2 Å². The quantitative estimate of drug-likeness (QED) is 0.722. The van der Waals surface area contributed by atoms with E-state index in [9.17, 15) is 8.42 Å². The molecule has 2 aliphatic rings. The third-order valence-corrected chi connectivity index (χ3v) is 7.65. The molecule has 3 aromatic rings. The van der Waals surface area contributed by atoms with Crippen LogP contribution in [0.4, 0.5) is 0 Å². The van der Waals surface area contributed by atoms with Gasteiger partial charge in [-0.25, -0.2) is 12.4 Å². The van der Waals surface area contributed by atoms with Crippen molar-refractivity contribution in [3.8, 4) is 0 Å². The zero-order valence-corrected chi connectivity index (χ0v) is 17.2. The highest BCUT2D eigenvalue weighted by atomic mass is 32.2. The second kappa shape index (κ2) is 7.09. The molecule has 0 saturated heterocycles. The zero-order valence-electron chi connectivity index (χ0n) is 16.4. The molecule has 150 valence electrons. The Bertz CT molecular complexity index is 1230. The minimum absolute atomic E-state index is 0.396. The van der Waals surface area contributed by atoms with Crippen LogP contribution in [-0.2, 0) is 23.0 Å². The van der Waals surface area contributed by atoms with Crippen molar-refractivity contribution in [2.24, 2.45) is 0 Å². The molecule has 0 bridgehead atoms. The molecule has 29 heavy (non-hydrogen) atoms. The number of hydrogen-bond acceptors (Lipinski definition) is 5. The van der Waals surface area contributed by atoms with Crippen LogP contribution in [0.25, 0.3) is 16.6 Å². The molecular weight excluding hydrogens is 384 g/mol. The van der Waals surface area contributed by atoms with E-state index in [0.717, 1.165) is 60.3 Å². The molecule has 5 rings (SSSR count). The van der Waals surface area contributed by atoms with E-state index in [0.29, 0.717) is 17.0 Å². The number of fused-ring (bicyclic) bond motifs is 2. The maximum absolute atomic E-state index is 13.8. The van der Waals surface area contributed by atoms with Crippen molar-refractivity contribution in [2.45, 2.75) is 24.3 Å². The molecule has 4 heterocycles. The molecule has 7 heteroatoms. The standard InChI is InChI=1S/C22H24N4O2S/c1-25-13-9-16-4-2-6-21(18(16)14-25)29(27,28)26-15-19(17-7-11-23-12-8-17)22-20(26)5-3-10-24-22/h2-7,10,15,23H,8-9,11-14H2,1H3. The highest BCUT2D eigenvalue weighted by molar-refractivity contribution is 7.90. The van der Waals surface area contributed by atoms with E-state index < -0.39 is 10.0 Å². The summed E-state index contributed by atoms with van der Waals surface area (Å²) in [6.07, 6.45) is 7.35.